The third kappa shape index (κ3) is 5.12. The van der Waals surface area contributed by atoms with Crippen molar-refractivity contribution in [3.05, 3.63) is 11.6 Å². The minimum absolute atomic E-state index is 1.09. The molecule has 0 unspecified atom stereocenters. The van der Waals surface area contributed by atoms with Gasteiger partial charge in [-0.15, -0.1) is 0 Å². The van der Waals surface area contributed by atoms with Gasteiger partial charge in [-0.2, -0.15) is 0 Å². The summed E-state index contributed by atoms with van der Waals surface area (Å²) in [6, 6.07) is 0. The first-order valence-corrected chi connectivity index (χ1v) is 6.11. The summed E-state index contributed by atoms with van der Waals surface area (Å²) in [7, 11) is 0. The molecule has 0 fully saturated rings. The first kappa shape index (κ1) is 11.4. The third-order valence-corrected chi connectivity index (χ3v) is 2.70. The summed E-state index contributed by atoms with van der Waals surface area (Å²) in [5.41, 5.74) is 1.40. The van der Waals surface area contributed by atoms with Gasteiger partial charge in [-0.3, -0.25) is 0 Å². The topological polar surface area (TPSA) is 0 Å². The number of unbranched alkanes of at least 4 members (excludes halogenated alkanes) is 4. The predicted molar refractivity (Wildman–Crippen MR) is 63.1 cm³/mol. The Kier molecular flexibility index (Phi) is 6.24. The highest BCUT2D eigenvalue weighted by atomic mass is 14.0. The maximum absolute atomic E-state index is 3.31. The van der Waals surface area contributed by atoms with Gasteiger partial charge in [0.05, 0.1) is 0 Å². The van der Waals surface area contributed by atoms with Gasteiger partial charge in [0, 0.05) is 6.42 Å². The highest BCUT2D eigenvalue weighted by Gasteiger charge is 1.98. The molecule has 0 radical (unpaired) electrons. The van der Waals surface area contributed by atoms with E-state index < -0.39 is 0 Å². The lowest BCUT2D eigenvalue weighted by Gasteiger charge is -2.05. The van der Waals surface area contributed by atoms with Crippen LogP contribution in [-0.2, 0) is 0 Å². The standard InChI is InChI=1S/C14H22/c1-2-3-4-5-6-8-11-14-12-9-7-10-13-14/h12H,2-7,9-10,13H2,1H3. The van der Waals surface area contributed by atoms with E-state index in [4.69, 9.17) is 0 Å². The zero-order chi connectivity index (χ0) is 10.1. The Morgan fingerprint density at radius 1 is 1.21 bits per heavy atom. The Morgan fingerprint density at radius 3 is 2.86 bits per heavy atom. The Hall–Kier alpha value is -0.700. The molecule has 1 aliphatic carbocycles. The predicted octanol–water partition coefficient (Wildman–Crippen LogP) is 4.46. The van der Waals surface area contributed by atoms with Crippen LogP contribution in [0.2, 0.25) is 0 Å². The molecule has 0 N–H and O–H groups in total. The monoisotopic (exact) mass is 190 g/mol. The Morgan fingerprint density at radius 2 is 2.14 bits per heavy atom. The molecule has 14 heavy (non-hydrogen) atoms. The molecule has 0 aliphatic heterocycles. The quantitative estimate of drug-likeness (QED) is 0.453. The van der Waals surface area contributed by atoms with E-state index in [1.807, 2.05) is 0 Å². The second-order valence-electron chi connectivity index (χ2n) is 4.09. The van der Waals surface area contributed by atoms with E-state index in [9.17, 15) is 0 Å². The van der Waals surface area contributed by atoms with Crippen molar-refractivity contribution in [2.75, 3.05) is 0 Å². The van der Waals surface area contributed by atoms with E-state index in [-0.39, 0.29) is 0 Å². The number of hydrogen-bond acceptors (Lipinski definition) is 0. The van der Waals surface area contributed by atoms with Crippen LogP contribution >= 0.6 is 0 Å². The average molecular weight is 190 g/mol. The van der Waals surface area contributed by atoms with Crippen molar-refractivity contribution < 1.29 is 0 Å². The molecule has 0 saturated heterocycles. The Bertz CT molecular complexity index is 224. The molecule has 0 spiro atoms. The lowest BCUT2D eigenvalue weighted by atomic mass is 10.00. The van der Waals surface area contributed by atoms with Crippen molar-refractivity contribution in [1.82, 2.24) is 0 Å². The summed E-state index contributed by atoms with van der Waals surface area (Å²) in [6.45, 7) is 2.25. The molecule has 1 rings (SSSR count). The van der Waals surface area contributed by atoms with Crippen molar-refractivity contribution in [2.24, 2.45) is 0 Å². The van der Waals surface area contributed by atoms with Crippen molar-refractivity contribution >= 4 is 0 Å². The molecule has 0 amide bonds. The maximum atomic E-state index is 3.31. The molecule has 0 aromatic heterocycles. The van der Waals surface area contributed by atoms with Crippen LogP contribution in [0.3, 0.4) is 0 Å². The van der Waals surface area contributed by atoms with Gasteiger partial charge in [0.2, 0.25) is 0 Å². The molecule has 1 aliphatic rings. The van der Waals surface area contributed by atoms with Crippen LogP contribution in [0, 0.1) is 11.8 Å². The summed E-state index contributed by atoms with van der Waals surface area (Å²) in [5.74, 6) is 6.61. The first-order valence-electron chi connectivity index (χ1n) is 6.11. The number of rotatable bonds is 4. The lowest BCUT2D eigenvalue weighted by molar-refractivity contribution is 0.679. The average Bonchev–Trinajstić information content (AvgIpc) is 2.25. The van der Waals surface area contributed by atoms with Crippen LogP contribution in [0.15, 0.2) is 11.6 Å². The minimum Gasteiger partial charge on any atom is -0.0982 e. The maximum Gasteiger partial charge on any atom is 0.00923 e. The fraction of sp³-hybridized carbons (Fsp3) is 0.714. The fourth-order valence-electron chi connectivity index (χ4n) is 1.77. The van der Waals surface area contributed by atoms with Gasteiger partial charge >= 0.3 is 0 Å². The van der Waals surface area contributed by atoms with E-state index in [2.05, 4.69) is 24.8 Å². The van der Waals surface area contributed by atoms with Crippen molar-refractivity contribution in [3.63, 3.8) is 0 Å². The summed E-state index contributed by atoms with van der Waals surface area (Å²) in [6.07, 6.45) is 13.9. The molecule has 0 heterocycles. The molecule has 0 atom stereocenters. The van der Waals surface area contributed by atoms with Crippen LogP contribution in [0.5, 0.6) is 0 Å². The molecule has 78 valence electrons. The van der Waals surface area contributed by atoms with E-state index in [1.165, 1.54) is 56.9 Å². The molecule has 0 nitrogen and oxygen atoms in total. The summed E-state index contributed by atoms with van der Waals surface area (Å²) in [4.78, 5) is 0. The van der Waals surface area contributed by atoms with E-state index >= 15 is 0 Å². The van der Waals surface area contributed by atoms with Gasteiger partial charge in [0.25, 0.3) is 0 Å². The number of allylic oxidation sites excluding steroid dienone is 2. The fourth-order valence-corrected chi connectivity index (χ4v) is 1.77. The summed E-state index contributed by atoms with van der Waals surface area (Å²) >= 11 is 0. The van der Waals surface area contributed by atoms with Crippen LogP contribution in [0.25, 0.3) is 0 Å². The van der Waals surface area contributed by atoms with E-state index in [0.717, 1.165) is 6.42 Å². The Labute approximate surface area is 88.8 Å². The zero-order valence-corrected chi connectivity index (χ0v) is 9.44. The lowest BCUT2D eigenvalue weighted by Crippen LogP contribution is -1.88. The van der Waals surface area contributed by atoms with Gasteiger partial charge < -0.3 is 0 Å². The molecule has 0 saturated carbocycles. The molecular formula is C14H22. The van der Waals surface area contributed by atoms with Gasteiger partial charge in [-0.05, 0) is 37.7 Å². The van der Waals surface area contributed by atoms with Gasteiger partial charge in [0.1, 0.15) is 0 Å². The molecular weight excluding hydrogens is 168 g/mol. The Balaban J connectivity index is 2.10. The molecule has 0 aromatic carbocycles. The normalized spacial score (nSPS) is 15.6. The second-order valence-corrected chi connectivity index (χ2v) is 4.09. The van der Waals surface area contributed by atoms with E-state index in [0.29, 0.717) is 0 Å². The number of hydrogen-bond donors (Lipinski definition) is 0. The van der Waals surface area contributed by atoms with Crippen molar-refractivity contribution in [2.45, 2.75) is 64.7 Å². The molecule has 0 bridgehead atoms. The highest BCUT2D eigenvalue weighted by molar-refractivity contribution is 5.29. The summed E-state index contributed by atoms with van der Waals surface area (Å²) in [5, 5.41) is 0. The largest absolute Gasteiger partial charge is 0.0982 e. The summed E-state index contributed by atoms with van der Waals surface area (Å²) < 4.78 is 0. The smallest absolute Gasteiger partial charge is 0.00923 e. The van der Waals surface area contributed by atoms with Crippen LogP contribution < -0.4 is 0 Å². The van der Waals surface area contributed by atoms with Crippen LogP contribution in [-0.4, -0.2) is 0 Å². The molecule has 0 aromatic rings. The van der Waals surface area contributed by atoms with Gasteiger partial charge in [-0.25, -0.2) is 0 Å². The van der Waals surface area contributed by atoms with E-state index in [1.54, 1.807) is 0 Å². The third-order valence-electron chi connectivity index (χ3n) is 2.70. The van der Waals surface area contributed by atoms with Crippen LogP contribution in [0.4, 0.5) is 0 Å². The zero-order valence-electron chi connectivity index (χ0n) is 9.44. The van der Waals surface area contributed by atoms with Crippen LogP contribution in [0.1, 0.15) is 64.7 Å². The first-order chi connectivity index (χ1) is 6.93. The van der Waals surface area contributed by atoms with Crippen molar-refractivity contribution in [1.29, 1.82) is 0 Å². The van der Waals surface area contributed by atoms with Gasteiger partial charge in [0.15, 0.2) is 0 Å². The minimum atomic E-state index is 1.09. The van der Waals surface area contributed by atoms with Gasteiger partial charge in [-0.1, -0.05) is 44.1 Å². The second kappa shape index (κ2) is 7.68. The SMILES string of the molecule is CCCCCCC#CC1=CCCCC1. The molecule has 0 heteroatoms. The highest BCUT2D eigenvalue weighted by Crippen LogP contribution is 2.16. The van der Waals surface area contributed by atoms with Crippen molar-refractivity contribution in [3.8, 4) is 11.8 Å².